The van der Waals surface area contributed by atoms with Crippen LogP contribution in [0.3, 0.4) is 0 Å². The van der Waals surface area contributed by atoms with E-state index in [1.807, 2.05) is 12.1 Å². The van der Waals surface area contributed by atoms with Crippen molar-refractivity contribution in [2.45, 2.75) is 52.0 Å². The number of anilines is 1. The molecule has 0 aromatic heterocycles. The number of hydrogen-bond acceptors (Lipinski definition) is 2. The Labute approximate surface area is 130 Å². The van der Waals surface area contributed by atoms with E-state index in [4.69, 9.17) is 18.0 Å². The second kappa shape index (κ2) is 8.54. The van der Waals surface area contributed by atoms with Crippen LogP contribution in [0, 0.1) is 0 Å². The highest BCUT2D eigenvalue weighted by Crippen LogP contribution is 2.24. The molecule has 0 aliphatic rings. The van der Waals surface area contributed by atoms with Crippen molar-refractivity contribution in [2.24, 2.45) is 5.73 Å². The molecule has 1 aromatic carbocycles. The molecule has 0 saturated carbocycles. The largest absolute Gasteiger partial charge is 0.389 e. The molecule has 1 atom stereocenters. The number of thiocarbonyl (C=S) groups is 1. The number of benzene rings is 1. The number of nitrogens with one attached hydrogen (secondary N) is 1. The summed E-state index contributed by atoms with van der Waals surface area (Å²) >= 11 is 8.62. The van der Waals surface area contributed by atoms with E-state index >= 15 is 0 Å². The summed E-state index contributed by atoms with van der Waals surface area (Å²) in [5, 5.41) is 3.61. The molecular weight excluding hydrogens is 320 g/mol. The van der Waals surface area contributed by atoms with E-state index in [9.17, 15) is 0 Å². The molecule has 0 bridgehead atoms. The van der Waals surface area contributed by atoms with Gasteiger partial charge in [0.2, 0.25) is 0 Å². The summed E-state index contributed by atoms with van der Waals surface area (Å²) in [7, 11) is 0. The van der Waals surface area contributed by atoms with Crippen molar-refractivity contribution < 1.29 is 0 Å². The van der Waals surface area contributed by atoms with Gasteiger partial charge in [0.05, 0.1) is 0 Å². The van der Waals surface area contributed by atoms with Crippen LogP contribution in [-0.2, 0) is 0 Å². The number of halogens is 1. The van der Waals surface area contributed by atoms with Gasteiger partial charge in [-0.1, -0.05) is 61.3 Å². The first kappa shape index (κ1) is 16.4. The van der Waals surface area contributed by atoms with Crippen molar-refractivity contribution >= 4 is 38.8 Å². The van der Waals surface area contributed by atoms with Gasteiger partial charge in [0.15, 0.2) is 0 Å². The van der Waals surface area contributed by atoms with E-state index in [1.54, 1.807) is 0 Å². The minimum absolute atomic E-state index is 0.445. The molecule has 106 valence electrons. The van der Waals surface area contributed by atoms with Crippen LogP contribution in [0.2, 0.25) is 0 Å². The topological polar surface area (TPSA) is 38.0 Å². The molecule has 19 heavy (non-hydrogen) atoms. The van der Waals surface area contributed by atoms with Gasteiger partial charge in [-0.25, -0.2) is 0 Å². The smallest absolute Gasteiger partial charge is 0.106 e. The first-order valence-corrected chi connectivity index (χ1v) is 8.14. The second-order valence-corrected chi connectivity index (χ2v) is 6.18. The highest BCUT2D eigenvalue weighted by Gasteiger charge is 2.11. The first-order valence-electron chi connectivity index (χ1n) is 6.94. The molecule has 1 rings (SSSR count). The fourth-order valence-electron chi connectivity index (χ4n) is 2.16. The maximum Gasteiger partial charge on any atom is 0.106 e. The highest BCUT2D eigenvalue weighted by atomic mass is 79.9. The molecule has 0 spiro atoms. The SMILES string of the molecule is CCCCC(CCC)Nc1cc(Br)ccc1C(N)=S. The minimum Gasteiger partial charge on any atom is -0.389 e. The lowest BCUT2D eigenvalue weighted by atomic mass is 10.0. The minimum atomic E-state index is 0.445. The number of hydrogen-bond donors (Lipinski definition) is 2. The van der Waals surface area contributed by atoms with E-state index in [0.29, 0.717) is 11.0 Å². The van der Waals surface area contributed by atoms with Crippen molar-refractivity contribution in [2.75, 3.05) is 5.32 Å². The average molecular weight is 343 g/mol. The van der Waals surface area contributed by atoms with E-state index < -0.39 is 0 Å². The normalized spacial score (nSPS) is 12.2. The van der Waals surface area contributed by atoms with Crippen molar-refractivity contribution in [1.29, 1.82) is 0 Å². The van der Waals surface area contributed by atoms with Crippen LogP contribution in [0.25, 0.3) is 0 Å². The Bertz CT molecular complexity index is 421. The third-order valence-corrected chi connectivity index (χ3v) is 3.86. The summed E-state index contributed by atoms with van der Waals surface area (Å²) in [5.41, 5.74) is 7.76. The molecule has 4 heteroatoms. The molecule has 0 amide bonds. The van der Waals surface area contributed by atoms with E-state index in [0.717, 1.165) is 15.7 Å². The molecule has 1 aromatic rings. The monoisotopic (exact) mass is 342 g/mol. The van der Waals surface area contributed by atoms with Gasteiger partial charge in [-0.15, -0.1) is 0 Å². The summed E-state index contributed by atoms with van der Waals surface area (Å²) in [6, 6.07) is 6.49. The lowest BCUT2D eigenvalue weighted by Crippen LogP contribution is -2.22. The zero-order valence-corrected chi connectivity index (χ0v) is 14.1. The Morgan fingerprint density at radius 1 is 1.32 bits per heavy atom. The van der Waals surface area contributed by atoms with Gasteiger partial charge >= 0.3 is 0 Å². The molecule has 0 aliphatic heterocycles. The second-order valence-electron chi connectivity index (χ2n) is 4.83. The quantitative estimate of drug-likeness (QED) is 0.663. The molecule has 0 heterocycles. The van der Waals surface area contributed by atoms with Crippen LogP contribution in [-0.4, -0.2) is 11.0 Å². The molecule has 3 N–H and O–H groups in total. The average Bonchev–Trinajstić information content (AvgIpc) is 2.36. The Balaban J connectivity index is 2.87. The van der Waals surface area contributed by atoms with Crippen molar-refractivity contribution in [3.63, 3.8) is 0 Å². The van der Waals surface area contributed by atoms with Crippen LogP contribution in [0.4, 0.5) is 5.69 Å². The van der Waals surface area contributed by atoms with Gasteiger partial charge in [0, 0.05) is 21.8 Å². The van der Waals surface area contributed by atoms with Crippen LogP contribution < -0.4 is 11.1 Å². The first-order chi connectivity index (χ1) is 9.08. The summed E-state index contributed by atoms with van der Waals surface area (Å²) in [5.74, 6) is 0. The fourth-order valence-corrected chi connectivity index (χ4v) is 2.70. The number of nitrogens with two attached hydrogens (primary N) is 1. The van der Waals surface area contributed by atoms with Gasteiger partial charge < -0.3 is 11.1 Å². The standard InChI is InChI=1S/C15H23BrN2S/c1-3-5-7-12(6-4-2)18-14-10-11(16)8-9-13(14)15(17)19/h8-10,12,18H,3-7H2,1-2H3,(H2,17,19). The summed E-state index contributed by atoms with van der Waals surface area (Å²) in [6.07, 6.45) is 6.01. The summed E-state index contributed by atoms with van der Waals surface area (Å²) in [6.45, 7) is 4.44. The lowest BCUT2D eigenvalue weighted by Gasteiger charge is -2.21. The molecule has 0 radical (unpaired) electrons. The fraction of sp³-hybridized carbons (Fsp3) is 0.533. The Hall–Kier alpha value is -0.610. The van der Waals surface area contributed by atoms with Gasteiger partial charge in [0.1, 0.15) is 4.99 Å². The molecular formula is C15H23BrN2S. The summed E-state index contributed by atoms with van der Waals surface area (Å²) < 4.78 is 1.04. The van der Waals surface area contributed by atoms with E-state index in [-0.39, 0.29) is 0 Å². The number of rotatable bonds is 8. The summed E-state index contributed by atoms with van der Waals surface area (Å²) in [4.78, 5) is 0.445. The zero-order valence-electron chi connectivity index (χ0n) is 11.7. The van der Waals surface area contributed by atoms with Crippen molar-refractivity contribution in [3.8, 4) is 0 Å². The Morgan fingerprint density at radius 3 is 2.63 bits per heavy atom. The number of unbranched alkanes of at least 4 members (excludes halogenated alkanes) is 1. The molecule has 0 fully saturated rings. The van der Waals surface area contributed by atoms with Crippen LogP contribution in [0.15, 0.2) is 22.7 Å². The van der Waals surface area contributed by atoms with Crippen molar-refractivity contribution in [3.05, 3.63) is 28.2 Å². The van der Waals surface area contributed by atoms with Crippen molar-refractivity contribution in [1.82, 2.24) is 0 Å². The molecule has 2 nitrogen and oxygen atoms in total. The van der Waals surface area contributed by atoms with Crippen LogP contribution >= 0.6 is 28.1 Å². The third kappa shape index (κ3) is 5.49. The molecule has 1 unspecified atom stereocenters. The third-order valence-electron chi connectivity index (χ3n) is 3.15. The highest BCUT2D eigenvalue weighted by molar-refractivity contribution is 9.10. The molecule has 0 aliphatic carbocycles. The van der Waals surface area contributed by atoms with Crippen LogP contribution in [0.1, 0.15) is 51.5 Å². The zero-order chi connectivity index (χ0) is 14.3. The van der Waals surface area contributed by atoms with Gasteiger partial charge in [0.25, 0.3) is 0 Å². The van der Waals surface area contributed by atoms with E-state index in [2.05, 4.69) is 41.2 Å². The Kier molecular flexibility index (Phi) is 7.39. The maximum atomic E-state index is 5.79. The van der Waals surface area contributed by atoms with E-state index in [1.165, 1.54) is 32.1 Å². The predicted molar refractivity (Wildman–Crippen MR) is 91.9 cm³/mol. The van der Waals surface area contributed by atoms with Gasteiger partial charge in [-0.3, -0.25) is 0 Å². The van der Waals surface area contributed by atoms with Gasteiger partial charge in [-0.05, 0) is 31.0 Å². The molecule has 0 saturated heterocycles. The lowest BCUT2D eigenvalue weighted by molar-refractivity contribution is 0.564. The Morgan fingerprint density at radius 2 is 2.05 bits per heavy atom. The maximum absolute atomic E-state index is 5.79. The van der Waals surface area contributed by atoms with Crippen LogP contribution in [0.5, 0.6) is 0 Å². The predicted octanol–water partition coefficient (Wildman–Crippen LogP) is 4.85. The van der Waals surface area contributed by atoms with Gasteiger partial charge in [-0.2, -0.15) is 0 Å².